The lowest BCUT2D eigenvalue weighted by Gasteiger charge is -2.26. The number of ether oxygens (including phenoxy) is 1. The van der Waals surface area contributed by atoms with Gasteiger partial charge in [0.1, 0.15) is 10.00 Å². The normalized spacial score (nSPS) is 19.2. The van der Waals surface area contributed by atoms with Crippen molar-refractivity contribution in [3.05, 3.63) is 34.6 Å². The van der Waals surface area contributed by atoms with E-state index in [9.17, 15) is 0 Å². The molecule has 2 aromatic rings. The zero-order chi connectivity index (χ0) is 20.8. The minimum atomic E-state index is 0.460. The number of benzene rings is 1. The molecule has 8 heteroatoms. The number of thiocarbonyl (C=S) groups is 1. The number of nitrogens with one attached hydrogen (secondary N) is 1. The molecule has 2 aliphatic rings. The molecule has 1 aliphatic carbocycles. The Morgan fingerprint density at radius 3 is 2.67 bits per heavy atom. The second-order valence-electron chi connectivity index (χ2n) is 8.02. The molecule has 0 unspecified atom stereocenters. The van der Waals surface area contributed by atoms with Crippen LogP contribution < -0.4 is 10.1 Å². The number of hydrogen-bond donors (Lipinski definition) is 1. The fourth-order valence-corrected chi connectivity index (χ4v) is 5.17. The minimum Gasteiger partial charge on any atom is -0.379 e. The van der Waals surface area contributed by atoms with Crippen LogP contribution in [0.2, 0.25) is 0 Å². The highest BCUT2D eigenvalue weighted by Crippen LogP contribution is 2.22. The van der Waals surface area contributed by atoms with E-state index in [2.05, 4.69) is 34.5 Å². The summed E-state index contributed by atoms with van der Waals surface area (Å²) in [5, 5.41) is 9.08. The third-order valence-corrected chi connectivity index (χ3v) is 7.23. The van der Waals surface area contributed by atoms with Gasteiger partial charge in [0.15, 0.2) is 0 Å². The highest BCUT2D eigenvalue weighted by atomic mass is 32.1. The van der Waals surface area contributed by atoms with Gasteiger partial charge in [0.2, 0.25) is 4.80 Å². The van der Waals surface area contributed by atoms with Crippen LogP contribution in [-0.4, -0.2) is 65.1 Å². The molecule has 0 amide bonds. The van der Waals surface area contributed by atoms with Crippen molar-refractivity contribution in [2.45, 2.75) is 38.1 Å². The largest absolute Gasteiger partial charge is 0.379 e. The number of morpholine rings is 1. The molecule has 1 saturated heterocycles. The molecule has 162 valence electrons. The van der Waals surface area contributed by atoms with E-state index in [1.807, 2.05) is 11.7 Å². The molecule has 0 spiro atoms. The lowest BCUT2D eigenvalue weighted by molar-refractivity contribution is 0.0389. The van der Waals surface area contributed by atoms with Crippen molar-refractivity contribution < 1.29 is 4.74 Å². The monoisotopic (exact) mass is 445 g/mol. The Morgan fingerprint density at radius 1 is 1.20 bits per heavy atom. The average molecular weight is 446 g/mol. The smallest absolute Gasteiger partial charge is 0.203 e. The summed E-state index contributed by atoms with van der Waals surface area (Å²) in [4.78, 5) is 9.18. The maximum absolute atomic E-state index is 5.58. The molecule has 1 N–H and O–H groups in total. The molecular formula is C22H31N5OS2. The highest BCUT2D eigenvalue weighted by Gasteiger charge is 2.14. The topological polar surface area (TPSA) is 54.7 Å². The van der Waals surface area contributed by atoms with Crippen LogP contribution in [0.4, 0.5) is 0 Å². The lowest BCUT2D eigenvalue weighted by Crippen LogP contribution is -2.41. The van der Waals surface area contributed by atoms with Gasteiger partial charge in [-0.25, -0.2) is 4.68 Å². The number of nitrogens with zero attached hydrogens (tertiary/aromatic N) is 4. The summed E-state index contributed by atoms with van der Waals surface area (Å²) in [6.07, 6.45) is 6.36. The van der Waals surface area contributed by atoms with Gasteiger partial charge in [0, 0.05) is 44.4 Å². The number of rotatable bonds is 6. The zero-order valence-electron chi connectivity index (χ0n) is 17.7. The van der Waals surface area contributed by atoms with Crippen molar-refractivity contribution in [3.63, 3.8) is 0 Å². The van der Waals surface area contributed by atoms with Crippen LogP contribution in [0.5, 0.6) is 0 Å². The summed E-state index contributed by atoms with van der Waals surface area (Å²) in [6.45, 7) is 5.51. The zero-order valence-corrected chi connectivity index (χ0v) is 19.3. The van der Waals surface area contributed by atoms with Crippen LogP contribution in [-0.2, 0) is 11.8 Å². The van der Waals surface area contributed by atoms with Gasteiger partial charge in [0.25, 0.3) is 0 Å². The number of aromatic nitrogens is 2. The van der Waals surface area contributed by atoms with Crippen LogP contribution >= 0.6 is 23.6 Å². The second-order valence-corrected chi connectivity index (χ2v) is 9.39. The molecule has 1 aliphatic heterocycles. The number of hydrogen-bond acceptors (Lipinski definition) is 6. The Morgan fingerprint density at radius 2 is 1.93 bits per heavy atom. The van der Waals surface area contributed by atoms with E-state index < -0.39 is 0 Å². The third kappa shape index (κ3) is 5.75. The molecule has 2 heterocycles. The summed E-state index contributed by atoms with van der Waals surface area (Å²) in [7, 11) is 1.99. The lowest BCUT2D eigenvalue weighted by atomic mass is 9.96. The molecule has 0 radical (unpaired) electrons. The van der Waals surface area contributed by atoms with Gasteiger partial charge >= 0.3 is 0 Å². The van der Waals surface area contributed by atoms with Crippen molar-refractivity contribution in [2.24, 2.45) is 12.0 Å². The van der Waals surface area contributed by atoms with Crippen LogP contribution in [0, 0.1) is 0 Å². The Kier molecular flexibility index (Phi) is 7.65. The van der Waals surface area contributed by atoms with Crippen molar-refractivity contribution in [1.29, 1.82) is 0 Å². The first kappa shape index (κ1) is 21.6. The van der Waals surface area contributed by atoms with Crippen molar-refractivity contribution in [3.8, 4) is 10.6 Å². The van der Waals surface area contributed by atoms with Crippen molar-refractivity contribution in [2.75, 3.05) is 39.4 Å². The quantitative estimate of drug-likeness (QED) is 0.693. The molecule has 4 rings (SSSR count). The first-order chi connectivity index (χ1) is 14.7. The standard InChI is InChI=1S/C22H31N5OS2/c1-26-22(24-19-5-3-2-4-6-19)30-21(25-26)18-9-7-17(8-10-18)20(29)23-11-12-27-13-15-28-16-14-27/h7-10,19H,2-6,11-16H2,1H3,(H,23,29). The molecule has 30 heavy (non-hydrogen) atoms. The average Bonchev–Trinajstić information content (AvgIpc) is 3.15. The van der Waals surface area contributed by atoms with E-state index in [1.54, 1.807) is 11.3 Å². The van der Waals surface area contributed by atoms with Crippen LogP contribution in [0.25, 0.3) is 10.6 Å². The predicted octanol–water partition coefficient (Wildman–Crippen LogP) is 2.98. The van der Waals surface area contributed by atoms with Crippen LogP contribution in [0.15, 0.2) is 29.3 Å². The van der Waals surface area contributed by atoms with Gasteiger partial charge in [-0.2, -0.15) is 5.10 Å². The van der Waals surface area contributed by atoms with Gasteiger partial charge < -0.3 is 10.1 Å². The van der Waals surface area contributed by atoms with Gasteiger partial charge in [-0.3, -0.25) is 9.89 Å². The maximum Gasteiger partial charge on any atom is 0.203 e. The Balaban J connectivity index is 1.35. The molecule has 1 saturated carbocycles. The van der Waals surface area contributed by atoms with Gasteiger partial charge in [-0.1, -0.05) is 67.1 Å². The third-order valence-electron chi connectivity index (χ3n) is 5.78. The van der Waals surface area contributed by atoms with E-state index in [-0.39, 0.29) is 0 Å². The summed E-state index contributed by atoms with van der Waals surface area (Å²) in [5.41, 5.74) is 2.16. The molecule has 0 atom stereocenters. The van der Waals surface area contributed by atoms with E-state index >= 15 is 0 Å². The van der Waals surface area contributed by atoms with E-state index in [0.29, 0.717) is 6.04 Å². The fraction of sp³-hybridized carbons (Fsp3) is 0.591. The highest BCUT2D eigenvalue weighted by molar-refractivity contribution is 7.80. The van der Waals surface area contributed by atoms with E-state index in [1.165, 1.54) is 32.1 Å². The van der Waals surface area contributed by atoms with Gasteiger partial charge in [-0.05, 0) is 12.8 Å². The Hall–Kier alpha value is -1.61. The summed E-state index contributed by atoms with van der Waals surface area (Å²) >= 11 is 7.25. The fourth-order valence-electron chi connectivity index (χ4n) is 3.96. The Labute approximate surface area is 188 Å². The molecule has 6 nitrogen and oxygen atoms in total. The molecule has 2 fully saturated rings. The molecule has 0 bridgehead atoms. The summed E-state index contributed by atoms with van der Waals surface area (Å²) < 4.78 is 7.31. The molecule has 1 aromatic heterocycles. The van der Waals surface area contributed by atoms with E-state index in [4.69, 9.17) is 27.0 Å². The first-order valence-electron chi connectivity index (χ1n) is 11.0. The van der Waals surface area contributed by atoms with Crippen molar-refractivity contribution in [1.82, 2.24) is 20.0 Å². The SMILES string of the molecule is Cn1nc(-c2ccc(C(=S)NCCN3CCOCC3)cc2)sc1=NC1CCCCC1. The molecule has 1 aromatic carbocycles. The Bertz CT molecular complexity index is 893. The second kappa shape index (κ2) is 10.6. The van der Waals surface area contributed by atoms with E-state index in [0.717, 1.165) is 65.3 Å². The minimum absolute atomic E-state index is 0.460. The van der Waals surface area contributed by atoms with Crippen LogP contribution in [0.1, 0.15) is 37.7 Å². The number of aryl methyl sites for hydroxylation is 1. The predicted molar refractivity (Wildman–Crippen MR) is 126 cm³/mol. The van der Waals surface area contributed by atoms with Crippen LogP contribution in [0.3, 0.4) is 0 Å². The van der Waals surface area contributed by atoms with Crippen molar-refractivity contribution >= 4 is 28.5 Å². The maximum atomic E-state index is 5.58. The summed E-state index contributed by atoms with van der Waals surface area (Å²) in [6, 6.07) is 8.84. The van der Waals surface area contributed by atoms with Gasteiger partial charge in [0.05, 0.1) is 19.3 Å². The molecular weight excluding hydrogens is 414 g/mol. The first-order valence-corrected chi connectivity index (χ1v) is 12.2. The van der Waals surface area contributed by atoms with Gasteiger partial charge in [-0.15, -0.1) is 0 Å². The summed E-state index contributed by atoms with van der Waals surface area (Å²) in [5.74, 6) is 0.